The van der Waals surface area contributed by atoms with Gasteiger partial charge in [-0.2, -0.15) is 0 Å². The van der Waals surface area contributed by atoms with E-state index in [-0.39, 0.29) is 30.5 Å². The molecule has 144 valence electrons. The number of benzene rings is 1. The molecule has 5 unspecified atom stereocenters. The summed E-state index contributed by atoms with van der Waals surface area (Å²) in [4.78, 5) is 12.1. The Kier molecular flexibility index (Phi) is 7.19. The molecule has 0 aromatic heterocycles. The molecule has 0 bridgehead atoms. The zero-order chi connectivity index (χ0) is 19.5. The van der Waals surface area contributed by atoms with Crippen molar-refractivity contribution >= 4 is 46.7 Å². The van der Waals surface area contributed by atoms with Crippen molar-refractivity contribution in [3.8, 4) is 0 Å². The largest absolute Gasteiger partial charge is 0.459 e. The first kappa shape index (κ1) is 21.3. The number of ether oxygens (including phenoxy) is 3. The highest BCUT2D eigenvalue weighted by molar-refractivity contribution is 6.76. The van der Waals surface area contributed by atoms with Gasteiger partial charge in [-0.1, -0.05) is 73.8 Å². The summed E-state index contributed by atoms with van der Waals surface area (Å²) in [6.45, 7) is 6.11. The highest BCUT2D eigenvalue weighted by atomic mass is 35.6. The summed E-state index contributed by atoms with van der Waals surface area (Å²) in [6.07, 6.45) is -1.15. The minimum Gasteiger partial charge on any atom is -0.459 e. The topological polar surface area (TPSA) is 68.6 Å². The minimum atomic E-state index is -1.95. The van der Waals surface area contributed by atoms with Gasteiger partial charge in [-0.25, -0.2) is 4.79 Å². The van der Waals surface area contributed by atoms with Gasteiger partial charge in [-0.3, -0.25) is 5.41 Å². The van der Waals surface area contributed by atoms with Crippen LogP contribution in [-0.4, -0.2) is 34.7 Å². The van der Waals surface area contributed by atoms with E-state index in [0.29, 0.717) is 5.56 Å². The summed E-state index contributed by atoms with van der Waals surface area (Å²) < 4.78 is 14.8. The second-order valence-electron chi connectivity index (χ2n) is 6.53. The molecule has 1 aromatic carbocycles. The lowest BCUT2D eigenvalue weighted by Gasteiger charge is -2.43. The van der Waals surface area contributed by atoms with Gasteiger partial charge in [-0.15, -0.1) is 0 Å². The number of esters is 1. The summed E-state index contributed by atoms with van der Waals surface area (Å²) in [5, 5.41) is 7.75. The number of rotatable bonds is 4. The molecule has 0 spiro atoms. The number of halogens is 3. The first-order valence-electron chi connectivity index (χ1n) is 8.31. The van der Waals surface area contributed by atoms with Crippen molar-refractivity contribution in [2.45, 2.75) is 37.0 Å². The molecule has 1 aromatic rings. The van der Waals surface area contributed by atoms with Gasteiger partial charge in [0, 0.05) is 5.92 Å². The van der Waals surface area contributed by atoms with Crippen molar-refractivity contribution in [1.82, 2.24) is 0 Å². The monoisotopic (exact) mass is 421 g/mol. The number of hydrogen-bond acceptors (Lipinski definition) is 5. The van der Waals surface area contributed by atoms with E-state index >= 15 is 0 Å². The Morgan fingerprint density at radius 1 is 1.12 bits per heavy atom. The summed E-state index contributed by atoms with van der Waals surface area (Å²) in [5.74, 6) is -0.633. The normalized spacial score (nSPS) is 29.1. The molecule has 1 heterocycles. The molecule has 2 rings (SSSR count). The van der Waals surface area contributed by atoms with Crippen molar-refractivity contribution in [2.24, 2.45) is 17.8 Å². The van der Waals surface area contributed by atoms with Crippen LogP contribution in [0.15, 0.2) is 30.3 Å². The maximum Gasteiger partial charge on any atom is 0.338 e. The predicted octanol–water partition coefficient (Wildman–Crippen LogP) is 4.84. The summed E-state index contributed by atoms with van der Waals surface area (Å²) >= 11 is 17.0. The van der Waals surface area contributed by atoms with E-state index in [1.807, 2.05) is 19.9 Å². The molecule has 0 saturated carbocycles. The summed E-state index contributed by atoms with van der Waals surface area (Å²) in [5.41, 5.74) is 0.475. The van der Waals surface area contributed by atoms with E-state index in [1.54, 1.807) is 24.3 Å². The number of carbonyl (C=O) groups is 1. The van der Waals surface area contributed by atoms with Crippen molar-refractivity contribution in [3.05, 3.63) is 35.9 Å². The van der Waals surface area contributed by atoms with Crippen LogP contribution in [-0.2, 0) is 14.2 Å². The molecule has 5 nitrogen and oxygen atoms in total. The first-order valence-corrected chi connectivity index (χ1v) is 9.44. The molecular formula is C18H22Cl3NO4. The van der Waals surface area contributed by atoms with Gasteiger partial charge < -0.3 is 14.2 Å². The SMILES string of the molecule is CC1C(COC(=O)c2ccccc2)OC(OC(=N)C(Cl)(Cl)Cl)C(C)C1C. The van der Waals surface area contributed by atoms with Crippen molar-refractivity contribution < 1.29 is 19.0 Å². The average molecular weight is 423 g/mol. The predicted molar refractivity (Wildman–Crippen MR) is 102 cm³/mol. The van der Waals surface area contributed by atoms with E-state index in [9.17, 15) is 4.79 Å². The maximum atomic E-state index is 12.1. The van der Waals surface area contributed by atoms with Crippen LogP contribution in [0.1, 0.15) is 31.1 Å². The Bertz CT molecular complexity index is 635. The second-order valence-corrected chi connectivity index (χ2v) is 8.81. The minimum absolute atomic E-state index is 0.0289. The first-order chi connectivity index (χ1) is 12.1. The number of hydrogen-bond donors (Lipinski definition) is 1. The number of nitrogens with one attached hydrogen (secondary N) is 1. The zero-order valence-corrected chi connectivity index (χ0v) is 17.0. The summed E-state index contributed by atoms with van der Waals surface area (Å²) in [7, 11) is 0. The van der Waals surface area contributed by atoms with Crippen molar-refractivity contribution in [2.75, 3.05) is 6.61 Å². The van der Waals surface area contributed by atoms with Crippen molar-refractivity contribution in [3.63, 3.8) is 0 Å². The van der Waals surface area contributed by atoms with Gasteiger partial charge in [0.05, 0.1) is 11.7 Å². The van der Waals surface area contributed by atoms with Crippen molar-refractivity contribution in [1.29, 1.82) is 5.41 Å². The van der Waals surface area contributed by atoms with Crippen LogP contribution in [0.5, 0.6) is 0 Å². The molecule has 1 N–H and O–H groups in total. The molecule has 1 fully saturated rings. The third-order valence-electron chi connectivity index (χ3n) is 4.86. The maximum absolute atomic E-state index is 12.1. The Hall–Kier alpha value is -1.01. The van der Waals surface area contributed by atoms with Crippen LogP contribution >= 0.6 is 34.8 Å². The van der Waals surface area contributed by atoms with E-state index in [1.165, 1.54) is 0 Å². The molecule has 1 aliphatic heterocycles. The third kappa shape index (κ3) is 5.26. The Morgan fingerprint density at radius 2 is 1.73 bits per heavy atom. The second kappa shape index (κ2) is 8.79. The third-order valence-corrected chi connectivity index (χ3v) is 5.38. The van der Waals surface area contributed by atoms with Gasteiger partial charge in [-0.05, 0) is 24.0 Å². The highest BCUT2D eigenvalue weighted by Gasteiger charge is 2.43. The molecule has 26 heavy (non-hydrogen) atoms. The van der Waals surface area contributed by atoms with E-state index < -0.39 is 21.9 Å². The Balaban J connectivity index is 2.01. The fourth-order valence-corrected chi connectivity index (χ4v) is 2.94. The molecule has 0 amide bonds. The lowest BCUT2D eigenvalue weighted by molar-refractivity contribution is -0.225. The molecule has 0 aliphatic carbocycles. The van der Waals surface area contributed by atoms with Crippen LogP contribution < -0.4 is 0 Å². The van der Waals surface area contributed by atoms with E-state index in [2.05, 4.69) is 6.92 Å². The Labute approximate surface area is 168 Å². The number of carbonyl (C=O) groups excluding carboxylic acids is 1. The quantitative estimate of drug-likeness (QED) is 0.326. The fourth-order valence-electron chi connectivity index (χ4n) is 2.81. The summed E-state index contributed by atoms with van der Waals surface area (Å²) in [6, 6.07) is 8.74. The van der Waals surface area contributed by atoms with E-state index in [4.69, 9.17) is 54.4 Å². The molecule has 1 saturated heterocycles. The highest BCUT2D eigenvalue weighted by Crippen LogP contribution is 2.37. The van der Waals surface area contributed by atoms with Crippen LogP contribution in [0.4, 0.5) is 0 Å². The lowest BCUT2D eigenvalue weighted by atomic mass is 9.79. The molecule has 8 heteroatoms. The molecule has 1 aliphatic rings. The van der Waals surface area contributed by atoms with Crippen LogP contribution in [0.3, 0.4) is 0 Å². The zero-order valence-electron chi connectivity index (χ0n) is 14.7. The Morgan fingerprint density at radius 3 is 2.31 bits per heavy atom. The average Bonchev–Trinajstić information content (AvgIpc) is 2.60. The van der Waals surface area contributed by atoms with Gasteiger partial charge in [0.15, 0.2) is 0 Å². The number of alkyl halides is 3. The van der Waals surface area contributed by atoms with Crippen LogP contribution in [0, 0.1) is 23.2 Å². The van der Waals surface area contributed by atoms with E-state index in [0.717, 1.165) is 0 Å². The van der Waals surface area contributed by atoms with Crippen LogP contribution in [0.25, 0.3) is 0 Å². The lowest BCUT2D eigenvalue weighted by Crippen LogP contribution is -2.49. The van der Waals surface area contributed by atoms with Crippen LogP contribution in [0.2, 0.25) is 0 Å². The molecule has 5 atom stereocenters. The van der Waals surface area contributed by atoms with Gasteiger partial charge in [0.2, 0.25) is 12.2 Å². The smallest absolute Gasteiger partial charge is 0.338 e. The fraction of sp³-hybridized carbons (Fsp3) is 0.556. The van der Waals surface area contributed by atoms with Gasteiger partial charge in [0.25, 0.3) is 3.79 Å². The standard InChI is InChI=1S/C18H22Cl3NO4/c1-10-11(2)14(9-24-15(23)13-7-5-4-6-8-13)25-16(12(10)3)26-17(22)18(19,20)21/h4-8,10-12,14,16,22H,9H2,1-3H3. The molecule has 0 radical (unpaired) electrons. The van der Waals surface area contributed by atoms with Gasteiger partial charge >= 0.3 is 5.97 Å². The molecular weight excluding hydrogens is 401 g/mol. The van der Waals surface area contributed by atoms with Gasteiger partial charge in [0.1, 0.15) is 6.61 Å².